The predicted octanol–water partition coefficient (Wildman–Crippen LogP) is 4.05. The van der Waals surface area contributed by atoms with Gasteiger partial charge >= 0.3 is 0 Å². The maximum atomic E-state index is 13.4. The van der Waals surface area contributed by atoms with Crippen molar-refractivity contribution >= 4 is 22.5 Å². The third-order valence-corrected chi connectivity index (χ3v) is 6.10. The summed E-state index contributed by atoms with van der Waals surface area (Å²) in [6.07, 6.45) is 3.92. The van der Waals surface area contributed by atoms with Crippen LogP contribution in [0.2, 0.25) is 0 Å². The number of carbonyl (C=O) groups excluding carboxylic acids is 1. The average Bonchev–Trinajstić information content (AvgIpc) is 3.05. The van der Waals surface area contributed by atoms with Gasteiger partial charge in [-0.25, -0.2) is 4.85 Å². The number of fused-ring (bicyclic) bond motifs is 1. The summed E-state index contributed by atoms with van der Waals surface area (Å²) in [5, 5.41) is 0. The average molecular weight is 402 g/mol. The van der Waals surface area contributed by atoms with Crippen LogP contribution in [0.1, 0.15) is 34.5 Å². The lowest BCUT2D eigenvalue weighted by molar-refractivity contribution is 0.0898. The molecule has 6 nitrogen and oxygen atoms in total. The summed E-state index contributed by atoms with van der Waals surface area (Å²) in [4.78, 5) is 23.7. The molecule has 1 saturated heterocycles. The molecule has 30 heavy (non-hydrogen) atoms. The first-order valence-corrected chi connectivity index (χ1v) is 10.4. The number of nitrogens with zero attached hydrogens (tertiary/aromatic N) is 4. The Morgan fingerprint density at radius 3 is 2.57 bits per heavy atom. The van der Waals surface area contributed by atoms with Gasteiger partial charge in [-0.2, -0.15) is 0 Å². The molecule has 2 N–H and O–H groups in total. The Kier molecular flexibility index (Phi) is 5.67. The first kappa shape index (κ1) is 20.3. The zero-order valence-electron chi connectivity index (χ0n) is 17.6. The van der Waals surface area contributed by atoms with Crippen LogP contribution >= 0.6 is 0 Å². The number of aryl methyl sites for hydroxylation is 1. The standard InChI is InChI=1S/C24H27N5O/c1-16-12-21-24(27-14-16)23(22(30)15-28-10-8-18(13-25)9-11-28)17(2)29(21)20-6-4-19(26-3)5-7-20/h4-7,12,14,18H,8-11,13,15,25H2,1-2H3. The Bertz CT molecular complexity index is 1120. The highest BCUT2D eigenvalue weighted by Gasteiger charge is 2.25. The van der Waals surface area contributed by atoms with E-state index in [2.05, 4.69) is 25.4 Å². The van der Waals surface area contributed by atoms with Crippen LogP contribution < -0.4 is 5.73 Å². The van der Waals surface area contributed by atoms with Gasteiger partial charge in [0.15, 0.2) is 11.5 Å². The fraction of sp³-hybridized carbons (Fsp3) is 0.375. The van der Waals surface area contributed by atoms with Crippen molar-refractivity contribution in [2.24, 2.45) is 11.7 Å². The Labute approximate surface area is 177 Å². The minimum Gasteiger partial charge on any atom is -0.330 e. The predicted molar refractivity (Wildman–Crippen MR) is 119 cm³/mol. The van der Waals surface area contributed by atoms with E-state index in [0.29, 0.717) is 23.7 Å². The van der Waals surface area contributed by atoms with Crippen molar-refractivity contribution in [3.8, 4) is 5.69 Å². The van der Waals surface area contributed by atoms with Crippen molar-refractivity contribution in [3.05, 3.63) is 64.8 Å². The first-order valence-electron chi connectivity index (χ1n) is 10.4. The molecule has 0 amide bonds. The quantitative estimate of drug-likeness (QED) is 0.517. The molecule has 1 fully saturated rings. The molecule has 2 aromatic heterocycles. The van der Waals surface area contributed by atoms with E-state index in [1.807, 2.05) is 32.2 Å². The smallest absolute Gasteiger partial charge is 0.187 e. The minimum atomic E-state index is 0.108. The molecule has 6 heteroatoms. The van der Waals surface area contributed by atoms with Crippen LogP contribution in [-0.4, -0.2) is 46.4 Å². The number of nitrogens with two attached hydrogens (primary N) is 1. The Balaban J connectivity index is 1.72. The fourth-order valence-corrected chi connectivity index (χ4v) is 4.39. The first-order chi connectivity index (χ1) is 14.5. The van der Waals surface area contributed by atoms with Gasteiger partial charge in [-0.3, -0.25) is 14.7 Å². The Hall–Kier alpha value is -3.01. The van der Waals surface area contributed by atoms with Crippen LogP contribution in [0.5, 0.6) is 0 Å². The molecular formula is C24H27N5O. The second kappa shape index (κ2) is 8.39. The van der Waals surface area contributed by atoms with Crippen molar-refractivity contribution in [2.75, 3.05) is 26.2 Å². The van der Waals surface area contributed by atoms with Crippen molar-refractivity contribution in [1.82, 2.24) is 14.5 Å². The number of benzene rings is 1. The van der Waals surface area contributed by atoms with E-state index in [1.165, 1.54) is 0 Å². The van der Waals surface area contributed by atoms with E-state index in [-0.39, 0.29) is 5.78 Å². The molecule has 3 aromatic rings. The lowest BCUT2D eigenvalue weighted by Crippen LogP contribution is -2.39. The number of aromatic nitrogens is 2. The molecule has 0 aliphatic carbocycles. The summed E-state index contributed by atoms with van der Waals surface area (Å²) in [5.74, 6) is 0.680. The molecule has 0 atom stereocenters. The number of likely N-dealkylation sites (tertiary alicyclic amines) is 1. The van der Waals surface area contributed by atoms with Crippen molar-refractivity contribution in [2.45, 2.75) is 26.7 Å². The second-order valence-corrected chi connectivity index (χ2v) is 8.18. The Morgan fingerprint density at radius 1 is 1.23 bits per heavy atom. The second-order valence-electron chi connectivity index (χ2n) is 8.18. The molecular weight excluding hydrogens is 374 g/mol. The summed E-state index contributed by atoms with van der Waals surface area (Å²) < 4.78 is 2.08. The maximum absolute atomic E-state index is 13.4. The van der Waals surface area contributed by atoms with Crippen LogP contribution in [0.3, 0.4) is 0 Å². The van der Waals surface area contributed by atoms with Gasteiger partial charge in [0.1, 0.15) is 0 Å². The molecule has 0 spiro atoms. The summed E-state index contributed by atoms with van der Waals surface area (Å²) in [5.41, 5.74) is 11.6. The van der Waals surface area contributed by atoms with Crippen LogP contribution in [0.15, 0.2) is 36.5 Å². The number of ketones is 1. The van der Waals surface area contributed by atoms with Crippen LogP contribution in [0.4, 0.5) is 5.69 Å². The molecule has 0 saturated carbocycles. The lowest BCUT2D eigenvalue weighted by Gasteiger charge is -2.30. The number of pyridine rings is 1. The number of Topliss-reactive ketones (excluding diaryl/α,β-unsaturated/α-hetero) is 1. The molecule has 0 unspecified atom stereocenters. The van der Waals surface area contributed by atoms with E-state index in [9.17, 15) is 4.79 Å². The molecule has 154 valence electrons. The molecule has 0 bridgehead atoms. The van der Waals surface area contributed by atoms with E-state index < -0.39 is 0 Å². The largest absolute Gasteiger partial charge is 0.330 e. The van der Waals surface area contributed by atoms with E-state index in [0.717, 1.165) is 60.5 Å². The van der Waals surface area contributed by atoms with Crippen LogP contribution in [-0.2, 0) is 0 Å². The van der Waals surface area contributed by atoms with Crippen LogP contribution in [0.25, 0.3) is 21.6 Å². The van der Waals surface area contributed by atoms with Gasteiger partial charge in [-0.15, -0.1) is 0 Å². The monoisotopic (exact) mass is 401 g/mol. The SMILES string of the molecule is [C-]#[N+]c1ccc(-n2c(C)c(C(=O)CN3CCC(CN)CC3)c3ncc(C)cc32)cc1. The molecule has 1 aliphatic heterocycles. The zero-order chi connectivity index (χ0) is 21.3. The van der Waals surface area contributed by atoms with Crippen molar-refractivity contribution in [1.29, 1.82) is 0 Å². The van der Waals surface area contributed by atoms with Gasteiger partial charge in [0.25, 0.3) is 0 Å². The third kappa shape index (κ3) is 3.74. The van der Waals surface area contributed by atoms with Crippen molar-refractivity contribution < 1.29 is 4.79 Å². The third-order valence-electron chi connectivity index (χ3n) is 6.10. The minimum absolute atomic E-state index is 0.108. The summed E-state index contributed by atoms with van der Waals surface area (Å²) >= 11 is 0. The molecule has 1 aliphatic rings. The molecule has 1 aromatic carbocycles. The molecule has 3 heterocycles. The van der Waals surface area contributed by atoms with Crippen molar-refractivity contribution in [3.63, 3.8) is 0 Å². The van der Waals surface area contributed by atoms with E-state index in [4.69, 9.17) is 12.3 Å². The van der Waals surface area contributed by atoms with Gasteiger partial charge in [0.2, 0.25) is 0 Å². The normalized spacial score (nSPS) is 15.4. The number of piperidine rings is 1. The number of hydrogen-bond donors (Lipinski definition) is 1. The van der Waals surface area contributed by atoms with Crippen LogP contribution in [0, 0.1) is 26.3 Å². The van der Waals surface area contributed by atoms with E-state index >= 15 is 0 Å². The highest BCUT2D eigenvalue weighted by molar-refractivity contribution is 6.09. The topological polar surface area (TPSA) is 68.5 Å². The number of rotatable bonds is 5. The Morgan fingerprint density at radius 2 is 1.93 bits per heavy atom. The zero-order valence-corrected chi connectivity index (χ0v) is 17.6. The highest BCUT2D eigenvalue weighted by Crippen LogP contribution is 2.30. The van der Waals surface area contributed by atoms with Gasteiger partial charge in [0, 0.05) is 17.6 Å². The van der Waals surface area contributed by atoms with Gasteiger partial charge in [-0.1, -0.05) is 12.1 Å². The summed E-state index contributed by atoms with van der Waals surface area (Å²) in [6, 6.07) is 9.53. The fourth-order valence-electron chi connectivity index (χ4n) is 4.39. The van der Waals surface area contributed by atoms with Gasteiger partial charge in [-0.05, 0) is 76.0 Å². The van der Waals surface area contributed by atoms with E-state index in [1.54, 1.807) is 12.1 Å². The lowest BCUT2D eigenvalue weighted by atomic mass is 9.96. The summed E-state index contributed by atoms with van der Waals surface area (Å²) in [6.45, 7) is 14.1. The highest BCUT2D eigenvalue weighted by atomic mass is 16.1. The molecule has 0 radical (unpaired) electrons. The van der Waals surface area contributed by atoms with Gasteiger partial charge in [0.05, 0.1) is 29.7 Å². The summed E-state index contributed by atoms with van der Waals surface area (Å²) in [7, 11) is 0. The number of hydrogen-bond acceptors (Lipinski definition) is 4. The van der Waals surface area contributed by atoms with Gasteiger partial charge < -0.3 is 10.3 Å². The molecule has 4 rings (SSSR count). The maximum Gasteiger partial charge on any atom is 0.187 e. The number of carbonyl (C=O) groups is 1.